The molecule has 4 nitrogen and oxygen atoms in total. The molecule has 0 bridgehead atoms. The highest BCUT2D eigenvalue weighted by Gasteiger charge is 2.12. The van der Waals surface area contributed by atoms with Gasteiger partial charge in [0.15, 0.2) is 5.96 Å². The van der Waals surface area contributed by atoms with E-state index < -0.39 is 0 Å². The Bertz CT molecular complexity index is 442. The molecule has 0 heterocycles. The Morgan fingerprint density at radius 3 is 2.19 bits per heavy atom. The highest BCUT2D eigenvalue weighted by Crippen LogP contribution is 2.24. The molecular weight excluding hydrogens is 262 g/mol. The standard InChI is InChI=1S/C17H29N3O/c1-6-20(7-2)16(18)19-12-13-21-15-10-8-14(9-11-15)17(3,4)5/h8-11H,6-7,12-13H2,1-5H3,(H2,18,19). The summed E-state index contributed by atoms with van der Waals surface area (Å²) in [5, 5.41) is 0. The van der Waals surface area contributed by atoms with Crippen molar-refractivity contribution < 1.29 is 4.74 Å². The van der Waals surface area contributed by atoms with Gasteiger partial charge in [0.2, 0.25) is 0 Å². The second kappa shape index (κ2) is 7.91. The fraction of sp³-hybridized carbons (Fsp3) is 0.588. The first kappa shape index (κ1) is 17.3. The number of benzene rings is 1. The van der Waals surface area contributed by atoms with Gasteiger partial charge in [0.25, 0.3) is 0 Å². The first-order valence-electron chi connectivity index (χ1n) is 7.66. The first-order chi connectivity index (χ1) is 9.88. The average molecular weight is 291 g/mol. The number of nitrogens with two attached hydrogens (primary N) is 1. The lowest BCUT2D eigenvalue weighted by molar-refractivity contribution is 0.327. The molecule has 0 aliphatic rings. The molecule has 118 valence electrons. The topological polar surface area (TPSA) is 50.8 Å². The lowest BCUT2D eigenvalue weighted by Gasteiger charge is -2.19. The van der Waals surface area contributed by atoms with E-state index in [9.17, 15) is 0 Å². The van der Waals surface area contributed by atoms with Gasteiger partial charge < -0.3 is 15.4 Å². The van der Waals surface area contributed by atoms with Gasteiger partial charge in [-0.25, -0.2) is 4.99 Å². The Hall–Kier alpha value is -1.71. The number of aliphatic imine (C=N–C) groups is 1. The van der Waals surface area contributed by atoms with Gasteiger partial charge in [-0.3, -0.25) is 0 Å². The van der Waals surface area contributed by atoms with Crippen molar-refractivity contribution in [3.05, 3.63) is 29.8 Å². The van der Waals surface area contributed by atoms with Crippen LogP contribution in [0, 0.1) is 0 Å². The van der Waals surface area contributed by atoms with Crippen molar-refractivity contribution in [1.29, 1.82) is 0 Å². The molecule has 0 atom stereocenters. The molecule has 0 radical (unpaired) electrons. The largest absolute Gasteiger partial charge is 0.492 e. The summed E-state index contributed by atoms with van der Waals surface area (Å²) in [5.74, 6) is 1.46. The molecule has 4 heteroatoms. The van der Waals surface area contributed by atoms with Crippen LogP contribution in [0.3, 0.4) is 0 Å². The third-order valence-electron chi connectivity index (χ3n) is 3.44. The monoisotopic (exact) mass is 291 g/mol. The minimum Gasteiger partial charge on any atom is -0.492 e. The van der Waals surface area contributed by atoms with Crippen molar-refractivity contribution >= 4 is 5.96 Å². The molecule has 1 rings (SSSR count). The molecule has 0 fully saturated rings. The molecule has 0 spiro atoms. The van der Waals surface area contributed by atoms with Crippen LogP contribution in [0.15, 0.2) is 29.3 Å². The zero-order valence-electron chi connectivity index (χ0n) is 14.0. The van der Waals surface area contributed by atoms with Gasteiger partial charge in [-0.15, -0.1) is 0 Å². The zero-order chi connectivity index (χ0) is 15.9. The van der Waals surface area contributed by atoms with E-state index in [-0.39, 0.29) is 5.41 Å². The molecule has 2 N–H and O–H groups in total. The van der Waals surface area contributed by atoms with Crippen LogP contribution in [0.1, 0.15) is 40.2 Å². The van der Waals surface area contributed by atoms with Crippen LogP contribution in [0.4, 0.5) is 0 Å². The van der Waals surface area contributed by atoms with Crippen molar-refractivity contribution in [1.82, 2.24) is 4.90 Å². The van der Waals surface area contributed by atoms with Gasteiger partial charge in [0, 0.05) is 13.1 Å². The van der Waals surface area contributed by atoms with Crippen LogP contribution >= 0.6 is 0 Å². The van der Waals surface area contributed by atoms with Crippen molar-refractivity contribution in [2.24, 2.45) is 10.7 Å². The fourth-order valence-corrected chi connectivity index (χ4v) is 2.02. The summed E-state index contributed by atoms with van der Waals surface area (Å²) in [7, 11) is 0. The molecule has 0 amide bonds. The summed E-state index contributed by atoms with van der Waals surface area (Å²) in [5.41, 5.74) is 7.38. The van der Waals surface area contributed by atoms with Crippen LogP contribution in [-0.2, 0) is 5.41 Å². The quantitative estimate of drug-likeness (QED) is 0.498. The molecule has 0 aliphatic carbocycles. The molecule has 0 unspecified atom stereocenters. The second-order valence-corrected chi connectivity index (χ2v) is 6.04. The predicted molar refractivity (Wildman–Crippen MR) is 90.0 cm³/mol. The number of nitrogens with zero attached hydrogens (tertiary/aromatic N) is 2. The Labute approximate surface area is 129 Å². The maximum atomic E-state index is 5.91. The van der Waals surface area contributed by atoms with Crippen molar-refractivity contribution in [3.8, 4) is 5.75 Å². The third kappa shape index (κ3) is 5.66. The van der Waals surface area contributed by atoms with E-state index in [1.165, 1.54) is 5.56 Å². The van der Waals surface area contributed by atoms with Gasteiger partial charge in [0.05, 0.1) is 6.54 Å². The smallest absolute Gasteiger partial charge is 0.191 e. The lowest BCUT2D eigenvalue weighted by Crippen LogP contribution is -2.37. The summed E-state index contributed by atoms with van der Waals surface area (Å²) in [6.07, 6.45) is 0. The molecule has 0 aliphatic heterocycles. The Morgan fingerprint density at radius 2 is 1.71 bits per heavy atom. The van der Waals surface area contributed by atoms with E-state index in [0.717, 1.165) is 18.8 Å². The number of guanidine groups is 1. The Balaban J connectivity index is 2.44. The lowest BCUT2D eigenvalue weighted by atomic mass is 9.87. The summed E-state index contributed by atoms with van der Waals surface area (Å²) >= 11 is 0. The van der Waals surface area contributed by atoms with E-state index in [1.807, 2.05) is 17.0 Å². The maximum absolute atomic E-state index is 5.91. The van der Waals surface area contributed by atoms with Crippen LogP contribution in [-0.4, -0.2) is 37.1 Å². The van der Waals surface area contributed by atoms with Gasteiger partial charge in [-0.05, 0) is 37.0 Å². The van der Waals surface area contributed by atoms with Gasteiger partial charge in [-0.1, -0.05) is 32.9 Å². The highest BCUT2D eigenvalue weighted by atomic mass is 16.5. The molecule has 0 saturated carbocycles. The molecule has 21 heavy (non-hydrogen) atoms. The zero-order valence-corrected chi connectivity index (χ0v) is 14.0. The molecule has 0 aromatic heterocycles. The second-order valence-electron chi connectivity index (χ2n) is 6.04. The van der Waals surface area contributed by atoms with Crippen LogP contribution in [0.25, 0.3) is 0 Å². The average Bonchev–Trinajstić information content (AvgIpc) is 2.44. The summed E-state index contributed by atoms with van der Waals surface area (Å²) in [6.45, 7) is 13.6. The Kier molecular flexibility index (Phi) is 6.53. The number of rotatable bonds is 6. The molecular formula is C17H29N3O. The highest BCUT2D eigenvalue weighted by molar-refractivity contribution is 5.77. The fourth-order valence-electron chi connectivity index (χ4n) is 2.02. The normalized spacial score (nSPS) is 12.3. The van der Waals surface area contributed by atoms with Crippen LogP contribution < -0.4 is 10.5 Å². The molecule has 1 aromatic carbocycles. The number of ether oxygens (including phenoxy) is 1. The number of hydrogen-bond acceptors (Lipinski definition) is 2. The van der Waals surface area contributed by atoms with Crippen molar-refractivity contribution in [3.63, 3.8) is 0 Å². The van der Waals surface area contributed by atoms with Gasteiger partial charge in [0.1, 0.15) is 12.4 Å². The minimum atomic E-state index is 0.168. The maximum Gasteiger partial charge on any atom is 0.191 e. The van der Waals surface area contributed by atoms with Crippen LogP contribution in [0.5, 0.6) is 5.75 Å². The SMILES string of the molecule is CCN(CC)C(N)=NCCOc1ccc(C(C)(C)C)cc1. The van der Waals surface area contributed by atoms with E-state index in [0.29, 0.717) is 19.1 Å². The van der Waals surface area contributed by atoms with Crippen molar-refractivity contribution in [2.45, 2.75) is 40.0 Å². The summed E-state index contributed by atoms with van der Waals surface area (Å²) in [4.78, 5) is 6.36. The third-order valence-corrected chi connectivity index (χ3v) is 3.44. The van der Waals surface area contributed by atoms with Crippen LogP contribution in [0.2, 0.25) is 0 Å². The van der Waals surface area contributed by atoms with Crippen molar-refractivity contribution in [2.75, 3.05) is 26.2 Å². The summed E-state index contributed by atoms with van der Waals surface area (Å²) in [6, 6.07) is 8.25. The summed E-state index contributed by atoms with van der Waals surface area (Å²) < 4.78 is 5.69. The molecule has 0 saturated heterocycles. The minimum absolute atomic E-state index is 0.168. The van der Waals surface area contributed by atoms with Gasteiger partial charge >= 0.3 is 0 Å². The van der Waals surface area contributed by atoms with E-state index in [2.05, 4.69) is 51.7 Å². The molecule has 1 aromatic rings. The van der Waals surface area contributed by atoms with E-state index in [1.54, 1.807) is 0 Å². The van der Waals surface area contributed by atoms with Gasteiger partial charge in [-0.2, -0.15) is 0 Å². The van der Waals surface area contributed by atoms with E-state index in [4.69, 9.17) is 10.5 Å². The Morgan fingerprint density at radius 1 is 1.14 bits per heavy atom. The first-order valence-corrected chi connectivity index (χ1v) is 7.66. The number of hydrogen-bond donors (Lipinski definition) is 1. The predicted octanol–water partition coefficient (Wildman–Crippen LogP) is 3.02. The van der Waals surface area contributed by atoms with E-state index >= 15 is 0 Å².